The summed E-state index contributed by atoms with van der Waals surface area (Å²) in [4.78, 5) is 83.1. The molecule has 16 nitrogen and oxygen atoms in total. The van der Waals surface area contributed by atoms with Gasteiger partial charge in [-0.05, 0) is 17.7 Å². The number of phenols is 1. The number of hydrogen-bond donors (Lipinski definition) is 9. The molecule has 4 atom stereocenters. The third kappa shape index (κ3) is 11.0. The van der Waals surface area contributed by atoms with Crippen molar-refractivity contribution >= 4 is 41.4 Å². The van der Waals surface area contributed by atoms with Gasteiger partial charge in [0.1, 0.15) is 23.9 Å². The molecule has 1 aromatic rings. The standard InChI is InChI=1S/C21H29N7O9/c22-11(6-15(23)30)18(33)26-12(5-9-1-3-10(29)4-2-9)19(34)27-13(7-16(24)31)20(35)28-14(21(36)37)8-17(25)32/h1-4,11-14,29H,5-8,22H2,(H2,23,30)(H2,24,31)(H2,25,32)(H,26,33)(H,27,34)(H,28,35)(H,36,37). The van der Waals surface area contributed by atoms with Gasteiger partial charge in [-0.1, -0.05) is 12.1 Å². The van der Waals surface area contributed by atoms with Crippen LogP contribution in [0.3, 0.4) is 0 Å². The SMILES string of the molecule is NC(=O)CC(N)C(=O)NC(Cc1ccc(O)cc1)C(=O)NC(CC(N)=O)C(=O)NC(CC(N)=O)C(=O)O. The molecular formula is C21H29N7O9. The number of carbonyl (C=O) groups is 7. The molecule has 0 spiro atoms. The summed E-state index contributed by atoms with van der Waals surface area (Å²) < 4.78 is 0. The Kier molecular flexibility index (Phi) is 11.4. The lowest BCUT2D eigenvalue weighted by Crippen LogP contribution is -2.58. The minimum absolute atomic E-state index is 0.0700. The van der Waals surface area contributed by atoms with Crippen LogP contribution in [0.15, 0.2) is 24.3 Å². The molecular weight excluding hydrogens is 494 g/mol. The van der Waals surface area contributed by atoms with Crippen LogP contribution in [0.25, 0.3) is 0 Å². The zero-order chi connectivity index (χ0) is 28.3. The minimum Gasteiger partial charge on any atom is -0.508 e. The van der Waals surface area contributed by atoms with Crippen LogP contribution in [0.1, 0.15) is 24.8 Å². The Morgan fingerprint density at radius 3 is 1.59 bits per heavy atom. The van der Waals surface area contributed by atoms with Crippen LogP contribution in [0.2, 0.25) is 0 Å². The van der Waals surface area contributed by atoms with Crippen LogP contribution in [0.5, 0.6) is 5.75 Å². The van der Waals surface area contributed by atoms with Crippen molar-refractivity contribution in [3.63, 3.8) is 0 Å². The van der Waals surface area contributed by atoms with E-state index in [1.54, 1.807) is 0 Å². The van der Waals surface area contributed by atoms with Crippen LogP contribution in [0.4, 0.5) is 0 Å². The van der Waals surface area contributed by atoms with Gasteiger partial charge in [0.05, 0.1) is 25.3 Å². The molecule has 0 radical (unpaired) electrons. The molecule has 0 fully saturated rings. The summed E-state index contributed by atoms with van der Waals surface area (Å²) in [6.07, 6.45) is -2.24. The van der Waals surface area contributed by atoms with Crippen LogP contribution < -0.4 is 38.9 Å². The summed E-state index contributed by atoms with van der Waals surface area (Å²) in [5, 5.41) is 25.2. The fourth-order valence-electron chi connectivity index (χ4n) is 3.02. The fraction of sp³-hybridized carbons (Fsp3) is 0.381. The second kappa shape index (κ2) is 14.0. The maximum absolute atomic E-state index is 13.1. The van der Waals surface area contributed by atoms with E-state index in [1.165, 1.54) is 24.3 Å². The number of carboxylic acid groups (broad SMARTS) is 1. The number of aromatic hydroxyl groups is 1. The highest BCUT2D eigenvalue weighted by atomic mass is 16.4. The van der Waals surface area contributed by atoms with Gasteiger partial charge < -0.3 is 49.1 Å². The first-order valence-electron chi connectivity index (χ1n) is 10.7. The van der Waals surface area contributed by atoms with Crippen molar-refractivity contribution in [3.05, 3.63) is 29.8 Å². The molecule has 6 amide bonds. The highest BCUT2D eigenvalue weighted by Crippen LogP contribution is 2.12. The van der Waals surface area contributed by atoms with Crippen molar-refractivity contribution in [3.8, 4) is 5.75 Å². The molecule has 1 rings (SSSR count). The Morgan fingerprint density at radius 1 is 0.676 bits per heavy atom. The molecule has 0 saturated carbocycles. The molecule has 1 aromatic carbocycles. The lowest BCUT2D eigenvalue weighted by atomic mass is 10.0. The van der Waals surface area contributed by atoms with E-state index >= 15 is 0 Å². The van der Waals surface area contributed by atoms with Crippen molar-refractivity contribution in [1.29, 1.82) is 0 Å². The maximum Gasteiger partial charge on any atom is 0.326 e. The average molecular weight is 524 g/mol. The number of benzene rings is 1. The molecule has 13 N–H and O–H groups in total. The number of nitrogens with one attached hydrogen (secondary N) is 3. The molecule has 0 aromatic heterocycles. The number of hydrogen-bond acceptors (Lipinski definition) is 9. The van der Waals surface area contributed by atoms with Gasteiger partial charge >= 0.3 is 5.97 Å². The van der Waals surface area contributed by atoms with Crippen LogP contribution in [-0.2, 0) is 40.0 Å². The second-order valence-corrected chi connectivity index (χ2v) is 8.01. The highest BCUT2D eigenvalue weighted by molar-refractivity contribution is 5.97. The summed E-state index contributed by atoms with van der Waals surface area (Å²) in [6, 6.07) is -0.740. The first-order valence-corrected chi connectivity index (χ1v) is 10.7. The summed E-state index contributed by atoms with van der Waals surface area (Å²) >= 11 is 0. The lowest BCUT2D eigenvalue weighted by Gasteiger charge is -2.24. The van der Waals surface area contributed by atoms with Crippen LogP contribution >= 0.6 is 0 Å². The molecule has 0 aliphatic rings. The zero-order valence-electron chi connectivity index (χ0n) is 19.5. The molecule has 4 unspecified atom stereocenters. The Labute approximate surface area is 210 Å². The number of amides is 6. The second-order valence-electron chi connectivity index (χ2n) is 8.01. The van der Waals surface area contributed by atoms with Crippen LogP contribution in [0, 0.1) is 0 Å². The first-order chi connectivity index (χ1) is 17.2. The highest BCUT2D eigenvalue weighted by Gasteiger charge is 2.32. The predicted octanol–water partition coefficient (Wildman–Crippen LogP) is -4.57. The maximum atomic E-state index is 13.1. The van der Waals surface area contributed by atoms with E-state index in [9.17, 15) is 43.8 Å². The quantitative estimate of drug-likeness (QED) is 0.106. The summed E-state index contributed by atoms with van der Waals surface area (Å²) in [6.45, 7) is 0. The number of nitrogens with two attached hydrogens (primary N) is 4. The van der Waals surface area contributed by atoms with Gasteiger partial charge in [-0.15, -0.1) is 0 Å². The zero-order valence-corrected chi connectivity index (χ0v) is 19.5. The molecule has 0 heterocycles. The van der Waals surface area contributed by atoms with E-state index in [0.717, 1.165) is 0 Å². The van der Waals surface area contributed by atoms with Gasteiger partial charge in [-0.25, -0.2) is 4.79 Å². The fourth-order valence-corrected chi connectivity index (χ4v) is 3.02. The third-order valence-electron chi connectivity index (χ3n) is 4.83. The van der Waals surface area contributed by atoms with Gasteiger partial charge in [-0.2, -0.15) is 0 Å². The van der Waals surface area contributed by atoms with Crippen molar-refractivity contribution in [1.82, 2.24) is 16.0 Å². The summed E-state index contributed by atoms with van der Waals surface area (Å²) in [7, 11) is 0. The van der Waals surface area contributed by atoms with Crippen molar-refractivity contribution in [2.75, 3.05) is 0 Å². The Hall–Kier alpha value is -4.73. The van der Waals surface area contributed by atoms with Crippen molar-refractivity contribution < 1.29 is 43.8 Å². The number of phenolic OH excluding ortho intramolecular Hbond substituents is 1. The van der Waals surface area contributed by atoms with Gasteiger partial charge in [0.15, 0.2) is 0 Å². The van der Waals surface area contributed by atoms with E-state index in [-0.39, 0.29) is 12.2 Å². The molecule has 0 bridgehead atoms. The lowest BCUT2D eigenvalue weighted by molar-refractivity contribution is -0.144. The number of primary amides is 3. The number of carboxylic acids is 1. The Balaban J connectivity index is 3.16. The van der Waals surface area contributed by atoms with Gasteiger partial charge in [0.25, 0.3) is 0 Å². The van der Waals surface area contributed by atoms with Crippen LogP contribution in [-0.4, -0.2) is 75.8 Å². The van der Waals surface area contributed by atoms with Crippen molar-refractivity contribution in [2.45, 2.75) is 49.9 Å². The molecule has 0 aliphatic carbocycles. The Morgan fingerprint density at radius 2 is 1.11 bits per heavy atom. The van der Waals surface area contributed by atoms with E-state index in [1.807, 2.05) is 5.32 Å². The summed E-state index contributed by atoms with van der Waals surface area (Å²) in [5.74, 6) is -7.71. The number of rotatable bonds is 15. The average Bonchev–Trinajstić information content (AvgIpc) is 2.77. The molecule has 37 heavy (non-hydrogen) atoms. The van der Waals surface area contributed by atoms with Gasteiger partial charge in [-0.3, -0.25) is 28.8 Å². The largest absolute Gasteiger partial charge is 0.508 e. The molecule has 202 valence electrons. The molecule has 0 aliphatic heterocycles. The molecule has 16 heteroatoms. The predicted molar refractivity (Wildman–Crippen MR) is 125 cm³/mol. The monoisotopic (exact) mass is 523 g/mol. The van der Waals surface area contributed by atoms with Crippen molar-refractivity contribution in [2.24, 2.45) is 22.9 Å². The van der Waals surface area contributed by atoms with E-state index in [2.05, 4.69) is 10.6 Å². The Bertz CT molecular complexity index is 1050. The number of aliphatic carboxylic acids is 1. The van der Waals surface area contributed by atoms with Gasteiger partial charge in [0.2, 0.25) is 35.4 Å². The number of carbonyl (C=O) groups excluding carboxylic acids is 6. The van der Waals surface area contributed by atoms with E-state index in [4.69, 9.17) is 22.9 Å². The molecule has 0 saturated heterocycles. The first kappa shape index (κ1) is 30.3. The smallest absolute Gasteiger partial charge is 0.326 e. The van der Waals surface area contributed by atoms with E-state index < -0.39 is 84.8 Å². The third-order valence-corrected chi connectivity index (χ3v) is 4.83. The van der Waals surface area contributed by atoms with E-state index in [0.29, 0.717) is 5.56 Å². The topological polar surface area (TPSA) is 300 Å². The minimum atomic E-state index is -1.75. The van der Waals surface area contributed by atoms with Gasteiger partial charge in [0, 0.05) is 6.42 Å². The normalized spacial score (nSPS) is 13.8. The summed E-state index contributed by atoms with van der Waals surface area (Å²) in [5.41, 5.74) is 21.2.